The summed E-state index contributed by atoms with van der Waals surface area (Å²) in [6.45, 7) is 6.19. The van der Waals surface area contributed by atoms with Gasteiger partial charge >= 0.3 is 0 Å². The van der Waals surface area contributed by atoms with Gasteiger partial charge in [-0.25, -0.2) is 0 Å². The van der Waals surface area contributed by atoms with Crippen LogP contribution < -0.4 is 10.1 Å². The molecular formula is C15H16N4O. The van der Waals surface area contributed by atoms with Crippen LogP contribution in [-0.4, -0.2) is 16.8 Å². The van der Waals surface area contributed by atoms with Crippen molar-refractivity contribution in [2.45, 2.75) is 20.8 Å². The van der Waals surface area contributed by atoms with Crippen LogP contribution in [0.4, 0.5) is 11.5 Å². The minimum Gasteiger partial charge on any atom is -0.492 e. The number of anilines is 2. The molecule has 2 rings (SSSR count). The number of rotatable bonds is 4. The molecule has 0 aliphatic rings. The van der Waals surface area contributed by atoms with Crippen molar-refractivity contribution < 1.29 is 4.74 Å². The highest BCUT2D eigenvalue weighted by molar-refractivity contribution is 5.68. The van der Waals surface area contributed by atoms with Gasteiger partial charge in [-0.15, -0.1) is 5.10 Å². The first kappa shape index (κ1) is 13.8. The number of aryl methyl sites for hydroxylation is 1. The molecule has 20 heavy (non-hydrogen) atoms. The highest BCUT2D eigenvalue weighted by Gasteiger charge is 2.12. The third kappa shape index (κ3) is 2.69. The van der Waals surface area contributed by atoms with Crippen molar-refractivity contribution in [3.05, 3.63) is 41.1 Å². The van der Waals surface area contributed by atoms with Crippen molar-refractivity contribution in [2.75, 3.05) is 11.9 Å². The molecule has 0 unspecified atom stereocenters. The van der Waals surface area contributed by atoms with Gasteiger partial charge in [-0.3, -0.25) is 0 Å². The fourth-order valence-electron chi connectivity index (χ4n) is 1.81. The number of nitriles is 1. The third-order valence-corrected chi connectivity index (χ3v) is 3.01. The molecule has 5 heteroatoms. The number of hydrogen-bond acceptors (Lipinski definition) is 5. The topological polar surface area (TPSA) is 70.8 Å². The molecule has 0 atom stereocenters. The predicted molar refractivity (Wildman–Crippen MR) is 77.1 cm³/mol. The zero-order valence-corrected chi connectivity index (χ0v) is 11.8. The Hall–Kier alpha value is -2.61. The Balaban J connectivity index is 2.41. The van der Waals surface area contributed by atoms with Gasteiger partial charge in [0.1, 0.15) is 17.4 Å². The molecule has 2 aromatic rings. The standard InChI is InChI=1S/C15H16N4O/c1-4-20-14-8-6-5-7-13(14)17-15-12(9-16)10(2)11(3)18-19-15/h5-8H,4H2,1-3H3,(H,17,19). The molecule has 0 aliphatic carbocycles. The summed E-state index contributed by atoms with van der Waals surface area (Å²) in [7, 11) is 0. The van der Waals surface area contributed by atoms with E-state index in [4.69, 9.17) is 4.74 Å². The fraction of sp³-hybridized carbons (Fsp3) is 0.267. The summed E-state index contributed by atoms with van der Waals surface area (Å²) in [5.41, 5.74) is 2.86. The highest BCUT2D eigenvalue weighted by Crippen LogP contribution is 2.28. The number of nitrogens with one attached hydrogen (secondary N) is 1. The SMILES string of the molecule is CCOc1ccccc1Nc1nnc(C)c(C)c1C#N. The molecule has 0 radical (unpaired) electrons. The van der Waals surface area contributed by atoms with Gasteiger partial charge in [0, 0.05) is 0 Å². The fourth-order valence-corrected chi connectivity index (χ4v) is 1.81. The Morgan fingerprint density at radius 2 is 2.00 bits per heavy atom. The van der Waals surface area contributed by atoms with Crippen molar-refractivity contribution in [1.82, 2.24) is 10.2 Å². The summed E-state index contributed by atoms with van der Waals surface area (Å²) in [6, 6.07) is 9.71. The van der Waals surface area contributed by atoms with Crippen molar-refractivity contribution in [1.29, 1.82) is 5.26 Å². The van der Waals surface area contributed by atoms with Crippen molar-refractivity contribution >= 4 is 11.5 Å². The molecule has 0 fully saturated rings. The smallest absolute Gasteiger partial charge is 0.171 e. The minimum atomic E-state index is 0.447. The highest BCUT2D eigenvalue weighted by atomic mass is 16.5. The van der Waals surface area contributed by atoms with Crippen molar-refractivity contribution in [2.24, 2.45) is 0 Å². The molecule has 1 aromatic carbocycles. The van der Waals surface area contributed by atoms with Crippen LogP contribution in [-0.2, 0) is 0 Å². The Bertz CT molecular complexity index is 661. The summed E-state index contributed by atoms with van der Waals surface area (Å²) >= 11 is 0. The van der Waals surface area contributed by atoms with Gasteiger partial charge < -0.3 is 10.1 Å². The van der Waals surface area contributed by atoms with Gasteiger partial charge in [0.25, 0.3) is 0 Å². The Morgan fingerprint density at radius 1 is 1.25 bits per heavy atom. The maximum atomic E-state index is 9.29. The number of nitrogens with zero attached hydrogens (tertiary/aromatic N) is 3. The van der Waals surface area contributed by atoms with E-state index in [0.717, 1.165) is 22.7 Å². The molecule has 0 saturated carbocycles. The lowest BCUT2D eigenvalue weighted by molar-refractivity contribution is 0.342. The van der Waals surface area contributed by atoms with E-state index in [-0.39, 0.29) is 0 Å². The lowest BCUT2D eigenvalue weighted by Gasteiger charge is -2.13. The molecule has 0 aliphatic heterocycles. The van der Waals surface area contributed by atoms with Gasteiger partial charge in [0.15, 0.2) is 5.82 Å². The zero-order valence-electron chi connectivity index (χ0n) is 11.8. The molecular weight excluding hydrogens is 252 g/mol. The normalized spacial score (nSPS) is 9.90. The van der Waals surface area contributed by atoms with Gasteiger partial charge in [0.05, 0.1) is 18.0 Å². The van der Waals surface area contributed by atoms with E-state index in [2.05, 4.69) is 21.6 Å². The van der Waals surface area contributed by atoms with Gasteiger partial charge in [-0.2, -0.15) is 10.4 Å². The predicted octanol–water partition coefficient (Wildman–Crippen LogP) is 3.11. The summed E-state index contributed by atoms with van der Waals surface area (Å²) in [5.74, 6) is 1.17. The summed E-state index contributed by atoms with van der Waals surface area (Å²) < 4.78 is 5.54. The molecule has 1 heterocycles. The first-order chi connectivity index (χ1) is 9.67. The number of benzene rings is 1. The van der Waals surface area contributed by atoms with Crippen LogP contribution in [0, 0.1) is 25.2 Å². The average Bonchev–Trinajstić information content (AvgIpc) is 2.45. The van der Waals surface area contributed by atoms with Crippen molar-refractivity contribution in [3.63, 3.8) is 0 Å². The summed E-state index contributed by atoms with van der Waals surface area (Å²) in [4.78, 5) is 0. The van der Waals surface area contributed by atoms with E-state index < -0.39 is 0 Å². The number of ether oxygens (including phenoxy) is 1. The van der Waals surface area contributed by atoms with Crippen LogP contribution in [0.2, 0.25) is 0 Å². The molecule has 0 amide bonds. The van der Waals surface area contributed by atoms with E-state index in [1.165, 1.54) is 0 Å². The van der Waals surface area contributed by atoms with Gasteiger partial charge in [-0.1, -0.05) is 12.1 Å². The van der Waals surface area contributed by atoms with Crippen LogP contribution >= 0.6 is 0 Å². The Morgan fingerprint density at radius 3 is 2.70 bits per heavy atom. The number of para-hydroxylation sites is 2. The summed E-state index contributed by atoms with van der Waals surface area (Å²) in [5, 5.41) is 20.5. The van der Waals surface area contributed by atoms with E-state index >= 15 is 0 Å². The first-order valence-electron chi connectivity index (χ1n) is 6.40. The quantitative estimate of drug-likeness (QED) is 0.922. The Kier molecular flexibility index (Phi) is 4.16. The lowest BCUT2D eigenvalue weighted by Crippen LogP contribution is -2.05. The molecule has 102 valence electrons. The van der Waals surface area contributed by atoms with Crippen LogP contribution in [0.5, 0.6) is 5.75 Å². The zero-order chi connectivity index (χ0) is 14.5. The monoisotopic (exact) mass is 268 g/mol. The number of aromatic nitrogens is 2. The average molecular weight is 268 g/mol. The maximum absolute atomic E-state index is 9.29. The first-order valence-corrected chi connectivity index (χ1v) is 6.40. The van der Waals surface area contributed by atoms with Crippen molar-refractivity contribution in [3.8, 4) is 11.8 Å². The second-order valence-electron chi connectivity index (χ2n) is 4.30. The van der Waals surface area contributed by atoms with E-state index in [0.29, 0.717) is 18.0 Å². The van der Waals surface area contributed by atoms with Gasteiger partial charge in [-0.05, 0) is 38.5 Å². The van der Waals surface area contributed by atoms with Crippen LogP contribution in [0.1, 0.15) is 23.7 Å². The van der Waals surface area contributed by atoms with Gasteiger partial charge in [0.2, 0.25) is 0 Å². The molecule has 5 nitrogen and oxygen atoms in total. The molecule has 0 spiro atoms. The third-order valence-electron chi connectivity index (χ3n) is 3.01. The summed E-state index contributed by atoms with van der Waals surface area (Å²) in [6.07, 6.45) is 0. The van der Waals surface area contributed by atoms with E-state index in [1.807, 2.05) is 45.0 Å². The minimum absolute atomic E-state index is 0.447. The second kappa shape index (κ2) is 6.02. The van der Waals surface area contributed by atoms with E-state index in [1.54, 1.807) is 0 Å². The second-order valence-corrected chi connectivity index (χ2v) is 4.30. The molecule has 0 bridgehead atoms. The molecule has 1 aromatic heterocycles. The largest absolute Gasteiger partial charge is 0.492 e. The molecule has 0 saturated heterocycles. The maximum Gasteiger partial charge on any atom is 0.171 e. The van der Waals surface area contributed by atoms with E-state index in [9.17, 15) is 5.26 Å². The lowest BCUT2D eigenvalue weighted by atomic mass is 10.1. The van der Waals surface area contributed by atoms with Crippen LogP contribution in [0.3, 0.4) is 0 Å². The molecule has 1 N–H and O–H groups in total. The van der Waals surface area contributed by atoms with Crippen LogP contribution in [0.15, 0.2) is 24.3 Å². The Labute approximate surface area is 118 Å². The number of hydrogen-bond donors (Lipinski definition) is 1. The van der Waals surface area contributed by atoms with Crippen LogP contribution in [0.25, 0.3) is 0 Å².